The summed E-state index contributed by atoms with van der Waals surface area (Å²) in [6.07, 6.45) is 1.21. The number of rotatable bonds is 23. The second-order valence-electron chi connectivity index (χ2n) is 6.03. The Morgan fingerprint density at radius 2 is 0.833 bits per heavy atom. The number of hydrogen-bond acceptors (Lipinski definition) is 9. The highest BCUT2D eigenvalue weighted by atomic mass is 16.6. The highest BCUT2D eigenvalue weighted by molar-refractivity contribution is 5.69. The lowest BCUT2D eigenvalue weighted by Gasteiger charge is -2.08. The number of aliphatic carboxylic acids is 2. The fourth-order valence-electron chi connectivity index (χ4n) is 1.97. The highest BCUT2D eigenvalue weighted by Crippen LogP contribution is 2.01. The lowest BCUT2D eigenvalue weighted by Crippen LogP contribution is -2.15. The Morgan fingerprint density at radius 3 is 1.27 bits per heavy atom. The van der Waals surface area contributed by atoms with Crippen LogP contribution in [0.25, 0.3) is 0 Å². The predicted octanol–water partition coefficient (Wildman–Crippen LogP) is 0.732. The van der Waals surface area contributed by atoms with Crippen LogP contribution in [0.3, 0.4) is 0 Å². The van der Waals surface area contributed by atoms with E-state index in [-0.39, 0.29) is 45.1 Å². The molecule has 176 valence electrons. The van der Waals surface area contributed by atoms with Gasteiger partial charge in [-0.15, -0.1) is 0 Å². The monoisotopic (exact) mass is 438 g/mol. The first kappa shape index (κ1) is 28.2. The minimum absolute atomic E-state index is 0.0147. The van der Waals surface area contributed by atoms with Gasteiger partial charge in [-0.2, -0.15) is 0 Å². The zero-order chi connectivity index (χ0) is 22.3. The van der Waals surface area contributed by atoms with Gasteiger partial charge < -0.3 is 38.6 Å². The standard InChI is InChI=1S/C19H34O11/c20-17(21)3-1-2-4-19(24)30-16-15-29-14-13-28-12-11-27-10-9-26-8-7-25-6-5-18(22)23/h1-16H2,(H,20,21)(H,22,23). The van der Waals surface area contributed by atoms with Crippen LogP contribution >= 0.6 is 0 Å². The summed E-state index contributed by atoms with van der Waals surface area (Å²) in [4.78, 5) is 32.0. The molecule has 0 aliphatic rings. The molecular formula is C19H34O11. The van der Waals surface area contributed by atoms with Crippen molar-refractivity contribution in [3.63, 3.8) is 0 Å². The van der Waals surface area contributed by atoms with E-state index < -0.39 is 11.9 Å². The topological polar surface area (TPSA) is 147 Å². The van der Waals surface area contributed by atoms with Gasteiger partial charge >= 0.3 is 17.9 Å². The molecule has 11 heteroatoms. The molecule has 0 radical (unpaired) electrons. The first-order valence-electron chi connectivity index (χ1n) is 10.00. The maximum atomic E-state index is 11.4. The van der Waals surface area contributed by atoms with Crippen LogP contribution in [0.5, 0.6) is 0 Å². The van der Waals surface area contributed by atoms with Crippen molar-refractivity contribution < 1.29 is 53.0 Å². The van der Waals surface area contributed by atoms with E-state index in [2.05, 4.69) is 0 Å². The summed E-state index contributed by atoms with van der Waals surface area (Å²) in [6.45, 7) is 3.82. The molecule has 0 heterocycles. The summed E-state index contributed by atoms with van der Waals surface area (Å²) >= 11 is 0. The lowest BCUT2D eigenvalue weighted by atomic mass is 10.2. The molecule has 0 atom stereocenters. The molecule has 2 N–H and O–H groups in total. The Labute approximate surface area is 176 Å². The van der Waals surface area contributed by atoms with Crippen molar-refractivity contribution in [1.29, 1.82) is 0 Å². The minimum atomic E-state index is -0.887. The third kappa shape index (κ3) is 24.2. The van der Waals surface area contributed by atoms with Crippen LogP contribution in [-0.2, 0) is 42.8 Å². The molecule has 0 aromatic rings. The molecule has 0 saturated carbocycles. The van der Waals surface area contributed by atoms with E-state index in [9.17, 15) is 14.4 Å². The third-order valence-electron chi connectivity index (χ3n) is 3.46. The molecule has 30 heavy (non-hydrogen) atoms. The maximum Gasteiger partial charge on any atom is 0.305 e. The molecule has 11 nitrogen and oxygen atoms in total. The first-order chi connectivity index (χ1) is 14.5. The van der Waals surface area contributed by atoms with E-state index in [1.165, 1.54) is 0 Å². The number of unbranched alkanes of at least 4 members (excludes halogenated alkanes) is 1. The van der Waals surface area contributed by atoms with Gasteiger partial charge in [-0.1, -0.05) is 0 Å². The number of carbonyl (C=O) groups excluding carboxylic acids is 1. The van der Waals surface area contributed by atoms with Gasteiger partial charge in [-0.25, -0.2) is 0 Å². The normalized spacial score (nSPS) is 10.8. The van der Waals surface area contributed by atoms with Crippen molar-refractivity contribution in [2.45, 2.75) is 32.1 Å². The van der Waals surface area contributed by atoms with Gasteiger partial charge in [0.15, 0.2) is 0 Å². The molecule has 0 saturated heterocycles. The van der Waals surface area contributed by atoms with Crippen LogP contribution in [0.4, 0.5) is 0 Å². The van der Waals surface area contributed by atoms with E-state index in [1.54, 1.807) is 0 Å². The van der Waals surface area contributed by atoms with Crippen LogP contribution in [0.2, 0.25) is 0 Å². The average molecular weight is 438 g/mol. The molecule has 0 aliphatic carbocycles. The van der Waals surface area contributed by atoms with E-state index in [4.69, 9.17) is 38.6 Å². The molecule has 0 aromatic carbocycles. The van der Waals surface area contributed by atoms with Gasteiger partial charge in [0.25, 0.3) is 0 Å². The molecular weight excluding hydrogens is 404 g/mol. The Hall–Kier alpha value is -1.79. The van der Waals surface area contributed by atoms with Crippen LogP contribution in [0.15, 0.2) is 0 Å². The molecule has 0 fully saturated rings. The smallest absolute Gasteiger partial charge is 0.305 e. The van der Waals surface area contributed by atoms with Gasteiger partial charge in [0.1, 0.15) is 6.61 Å². The Balaban J connectivity index is 3.13. The largest absolute Gasteiger partial charge is 0.481 e. The quantitative estimate of drug-likeness (QED) is 0.172. The van der Waals surface area contributed by atoms with E-state index in [0.717, 1.165) is 0 Å². The van der Waals surface area contributed by atoms with Crippen molar-refractivity contribution in [1.82, 2.24) is 0 Å². The predicted molar refractivity (Wildman–Crippen MR) is 103 cm³/mol. The highest BCUT2D eigenvalue weighted by Gasteiger charge is 2.04. The number of carbonyl (C=O) groups is 3. The number of esters is 1. The number of carboxylic acid groups (broad SMARTS) is 2. The number of ether oxygens (including phenoxy) is 6. The van der Waals surface area contributed by atoms with Crippen LogP contribution in [0, 0.1) is 0 Å². The van der Waals surface area contributed by atoms with Gasteiger partial charge in [0.05, 0.1) is 72.5 Å². The zero-order valence-corrected chi connectivity index (χ0v) is 17.4. The van der Waals surface area contributed by atoms with Gasteiger partial charge in [-0.05, 0) is 12.8 Å². The number of hydrogen-bond donors (Lipinski definition) is 2. The van der Waals surface area contributed by atoms with Gasteiger partial charge in [0, 0.05) is 12.8 Å². The average Bonchev–Trinajstić information content (AvgIpc) is 2.70. The van der Waals surface area contributed by atoms with Crippen molar-refractivity contribution in [3.05, 3.63) is 0 Å². The van der Waals surface area contributed by atoms with Gasteiger partial charge in [-0.3, -0.25) is 14.4 Å². The lowest BCUT2D eigenvalue weighted by molar-refractivity contribution is -0.146. The third-order valence-corrected chi connectivity index (χ3v) is 3.46. The summed E-state index contributed by atoms with van der Waals surface area (Å²) in [5.74, 6) is -2.11. The first-order valence-corrected chi connectivity index (χ1v) is 10.00. The molecule has 0 aromatic heterocycles. The summed E-state index contributed by atoms with van der Waals surface area (Å²) in [5.41, 5.74) is 0. The maximum absolute atomic E-state index is 11.4. The van der Waals surface area contributed by atoms with E-state index in [1.807, 2.05) is 0 Å². The number of carboxylic acids is 2. The Morgan fingerprint density at radius 1 is 0.467 bits per heavy atom. The van der Waals surface area contributed by atoms with Crippen LogP contribution in [0.1, 0.15) is 32.1 Å². The fraction of sp³-hybridized carbons (Fsp3) is 0.842. The van der Waals surface area contributed by atoms with Crippen molar-refractivity contribution in [2.75, 3.05) is 72.7 Å². The molecule has 0 spiro atoms. The molecule has 0 rings (SSSR count). The minimum Gasteiger partial charge on any atom is -0.481 e. The second-order valence-corrected chi connectivity index (χ2v) is 6.03. The van der Waals surface area contributed by atoms with E-state index in [0.29, 0.717) is 65.7 Å². The summed E-state index contributed by atoms with van der Waals surface area (Å²) in [7, 11) is 0. The molecule has 0 bridgehead atoms. The molecule has 0 aliphatic heterocycles. The van der Waals surface area contributed by atoms with Crippen LogP contribution in [-0.4, -0.2) is 101 Å². The summed E-state index contributed by atoms with van der Waals surface area (Å²) < 4.78 is 31.2. The summed E-state index contributed by atoms with van der Waals surface area (Å²) in [5, 5.41) is 16.9. The van der Waals surface area contributed by atoms with Crippen molar-refractivity contribution >= 4 is 17.9 Å². The molecule has 0 unspecified atom stereocenters. The second kappa shape index (κ2) is 21.9. The summed E-state index contributed by atoms with van der Waals surface area (Å²) in [6, 6.07) is 0. The van der Waals surface area contributed by atoms with Crippen molar-refractivity contribution in [2.24, 2.45) is 0 Å². The molecule has 0 amide bonds. The van der Waals surface area contributed by atoms with Gasteiger partial charge in [0.2, 0.25) is 0 Å². The van der Waals surface area contributed by atoms with Crippen molar-refractivity contribution in [3.8, 4) is 0 Å². The van der Waals surface area contributed by atoms with Crippen LogP contribution < -0.4 is 0 Å². The Kier molecular flexibility index (Phi) is 20.6. The zero-order valence-electron chi connectivity index (χ0n) is 17.4. The Bertz CT molecular complexity index is 442. The fourth-order valence-corrected chi connectivity index (χ4v) is 1.97. The van der Waals surface area contributed by atoms with E-state index >= 15 is 0 Å². The SMILES string of the molecule is O=C(O)CCCCC(=O)OCCOCCOCCOCCOCCOCCC(=O)O.